The molecule has 1 fully saturated rings. The summed E-state index contributed by atoms with van der Waals surface area (Å²) in [5, 5.41) is 31.4. The summed E-state index contributed by atoms with van der Waals surface area (Å²) in [5.74, 6) is -3.34. The van der Waals surface area contributed by atoms with Gasteiger partial charge in [0.1, 0.15) is 18.8 Å². The highest BCUT2D eigenvalue weighted by Crippen LogP contribution is 2.26. The number of rotatable bonds is 46. The third kappa shape index (κ3) is 41.4. The van der Waals surface area contributed by atoms with Crippen LogP contribution in [0.2, 0.25) is 0 Å². The molecule has 430 valence electrons. The molecule has 1 aliphatic rings. The molecule has 0 amide bonds. The highest BCUT2D eigenvalue weighted by molar-refractivity contribution is 5.74. The molecule has 0 aromatic carbocycles. The molecule has 0 aromatic heterocycles. The van der Waals surface area contributed by atoms with Gasteiger partial charge in [-0.3, -0.25) is 14.4 Å². The zero-order chi connectivity index (χ0) is 56.1. The molecule has 0 aliphatic carbocycles. The smallest absolute Gasteiger partial charge is 0.335 e. The Kier molecular flexibility index (Phi) is 46.4. The van der Waals surface area contributed by atoms with Crippen LogP contribution in [0, 0.1) is 0 Å². The highest BCUT2D eigenvalue weighted by atomic mass is 16.7. The molecule has 12 heteroatoms. The fourth-order valence-electron chi connectivity index (χ4n) is 7.54. The maximum atomic E-state index is 13.1. The fraction of sp³-hybridized carbons (Fsp3) is 0.569. The second-order valence-corrected chi connectivity index (χ2v) is 18.8. The average Bonchev–Trinajstić information content (AvgIpc) is 3.42. The number of carboxylic acids is 1. The van der Waals surface area contributed by atoms with Crippen molar-refractivity contribution in [1.82, 2.24) is 0 Å². The predicted molar refractivity (Wildman–Crippen MR) is 312 cm³/mol. The van der Waals surface area contributed by atoms with Crippen LogP contribution in [0.5, 0.6) is 0 Å². The van der Waals surface area contributed by atoms with E-state index < -0.39 is 67.3 Å². The van der Waals surface area contributed by atoms with E-state index in [1.54, 1.807) is 0 Å². The Morgan fingerprint density at radius 3 is 1.32 bits per heavy atom. The quantitative estimate of drug-likeness (QED) is 0.0228. The number of aliphatic hydroxyl groups is 2. The van der Waals surface area contributed by atoms with Crippen LogP contribution in [0.15, 0.2) is 146 Å². The lowest BCUT2D eigenvalue weighted by atomic mass is 9.98. The van der Waals surface area contributed by atoms with Gasteiger partial charge >= 0.3 is 23.9 Å². The van der Waals surface area contributed by atoms with Gasteiger partial charge in [-0.05, 0) is 122 Å². The number of esters is 3. The third-order valence-electron chi connectivity index (χ3n) is 11.9. The van der Waals surface area contributed by atoms with Gasteiger partial charge in [0.05, 0.1) is 6.61 Å². The molecular formula is C65H98O12. The minimum absolute atomic E-state index is 0.0232. The Morgan fingerprint density at radius 1 is 0.442 bits per heavy atom. The molecular weight excluding hydrogens is 973 g/mol. The average molecular weight is 1070 g/mol. The summed E-state index contributed by atoms with van der Waals surface area (Å²) in [6, 6.07) is 0. The second kappa shape index (κ2) is 51.4. The number of hydrogen-bond donors (Lipinski definition) is 3. The van der Waals surface area contributed by atoms with Gasteiger partial charge in [-0.15, -0.1) is 0 Å². The number of ether oxygens (including phenoxy) is 5. The van der Waals surface area contributed by atoms with E-state index in [1.807, 2.05) is 12.2 Å². The molecule has 12 nitrogen and oxygen atoms in total. The standard InChI is InChI=1S/C65H98O12/c1-4-7-10-13-16-19-22-25-27-28-29-30-32-34-36-39-42-45-48-51-57(66)73-54-56(75-58(67)52-49-46-43-40-38-35-31-26-23-20-17-14-11-8-5-2)55-74-65-63(61(70)60(69)62(77-65)64(71)72)76-59(68)53-50-47-44-41-37-33-24-21-18-15-12-9-6-3/h7-8,10-12,15-17,19-21,24-27,29-31,34,36,38,40,42,45,56,60-63,65,69-70H,4-6,9,13-14,18,22-23,28,32-33,35,37,39,41,43-44,46-55H2,1-3H3,(H,71,72)/b10-7-,11-8-,15-12-,19-16-,20-17-,24-21-,27-25-,30-29-,31-26-,36-34-,40-38-,45-42-. The Balaban J connectivity index is 2.79. The molecule has 77 heavy (non-hydrogen) atoms. The monoisotopic (exact) mass is 1070 g/mol. The van der Waals surface area contributed by atoms with Crippen LogP contribution in [0.4, 0.5) is 0 Å². The summed E-state index contributed by atoms with van der Waals surface area (Å²) in [7, 11) is 0. The first-order valence-corrected chi connectivity index (χ1v) is 28.8. The molecule has 1 aliphatic heterocycles. The van der Waals surface area contributed by atoms with Gasteiger partial charge in [0.25, 0.3) is 0 Å². The van der Waals surface area contributed by atoms with Crippen LogP contribution in [0.3, 0.4) is 0 Å². The Labute approximate surface area is 463 Å². The van der Waals surface area contributed by atoms with Gasteiger partial charge in [0.15, 0.2) is 24.6 Å². The maximum Gasteiger partial charge on any atom is 0.335 e. The van der Waals surface area contributed by atoms with Crippen LogP contribution in [0.25, 0.3) is 0 Å². The Bertz CT molecular complexity index is 1890. The summed E-state index contributed by atoms with van der Waals surface area (Å²) in [6.07, 6.45) is 61.2. The molecule has 0 bridgehead atoms. The van der Waals surface area contributed by atoms with E-state index in [4.69, 9.17) is 23.7 Å². The molecule has 1 rings (SSSR count). The van der Waals surface area contributed by atoms with Crippen molar-refractivity contribution in [1.29, 1.82) is 0 Å². The summed E-state index contributed by atoms with van der Waals surface area (Å²) < 4.78 is 28.2. The van der Waals surface area contributed by atoms with Crippen LogP contribution >= 0.6 is 0 Å². The van der Waals surface area contributed by atoms with Crippen molar-refractivity contribution in [3.63, 3.8) is 0 Å². The number of aliphatic hydroxyl groups excluding tert-OH is 2. The molecule has 0 spiro atoms. The second-order valence-electron chi connectivity index (χ2n) is 18.8. The number of allylic oxidation sites excluding steroid dienone is 24. The molecule has 6 atom stereocenters. The number of carboxylic acid groups (broad SMARTS) is 1. The first-order chi connectivity index (χ1) is 37.6. The van der Waals surface area contributed by atoms with Gasteiger partial charge in [0, 0.05) is 19.3 Å². The van der Waals surface area contributed by atoms with Crippen molar-refractivity contribution in [2.75, 3.05) is 13.2 Å². The van der Waals surface area contributed by atoms with E-state index in [0.29, 0.717) is 25.7 Å². The van der Waals surface area contributed by atoms with Gasteiger partial charge in [-0.2, -0.15) is 0 Å². The summed E-state index contributed by atoms with van der Waals surface area (Å²) >= 11 is 0. The van der Waals surface area contributed by atoms with Crippen molar-refractivity contribution in [2.45, 2.75) is 225 Å². The van der Waals surface area contributed by atoms with E-state index in [0.717, 1.165) is 122 Å². The molecule has 0 saturated carbocycles. The summed E-state index contributed by atoms with van der Waals surface area (Å²) in [5.41, 5.74) is 0. The first kappa shape index (κ1) is 69.6. The zero-order valence-corrected chi connectivity index (χ0v) is 47.1. The number of carbonyl (C=O) groups excluding carboxylic acids is 3. The highest BCUT2D eigenvalue weighted by Gasteiger charge is 2.50. The lowest BCUT2D eigenvalue weighted by Gasteiger charge is -2.40. The van der Waals surface area contributed by atoms with Crippen molar-refractivity contribution in [3.05, 3.63) is 146 Å². The molecule has 0 radical (unpaired) electrons. The van der Waals surface area contributed by atoms with Crippen molar-refractivity contribution in [2.24, 2.45) is 0 Å². The van der Waals surface area contributed by atoms with Crippen molar-refractivity contribution < 1.29 is 58.2 Å². The van der Waals surface area contributed by atoms with Gasteiger partial charge in [0.2, 0.25) is 0 Å². The molecule has 3 N–H and O–H groups in total. The van der Waals surface area contributed by atoms with E-state index in [1.165, 1.54) is 0 Å². The van der Waals surface area contributed by atoms with Crippen LogP contribution in [-0.4, -0.2) is 89.2 Å². The lowest BCUT2D eigenvalue weighted by molar-refractivity contribution is -0.301. The normalized spacial score (nSPS) is 19.1. The minimum atomic E-state index is -1.93. The zero-order valence-electron chi connectivity index (χ0n) is 47.1. The van der Waals surface area contributed by atoms with E-state index >= 15 is 0 Å². The van der Waals surface area contributed by atoms with Crippen LogP contribution in [0.1, 0.15) is 188 Å². The van der Waals surface area contributed by atoms with Crippen molar-refractivity contribution >= 4 is 23.9 Å². The summed E-state index contributed by atoms with van der Waals surface area (Å²) in [4.78, 5) is 51.0. The third-order valence-corrected chi connectivity index (χ3v) is 11.9. The van der Waals surface area contributed by atoms with E-state index in [-0.39, 0.29) is 25.9 Å². The Morgan fingerprint density at radius 2 is 0.844 bits per heavy atom. The SMILES string of the molecule is CC/C=C\C/C=C\C/C=C\C/C=C\C/C=C\C/C=C\CCC(=O)OCC(COC1OC(C(=O)O)C(O)C(O)C1OC(=O)CCCCCCC/C=C\C/C=C\CCC)OC(=O)CCCC/C=C\C/C=C\C/C=C\C/C=C\CC. The molecule has 6 unspecified atom stereocenters. The van der Waals surface area contributed by atoms with Gasteiger partial charge in [-0.25, -0.2) is 4.79 Å². The molecule has 1 saturated heterocycles. The van der Waals surface area contributed by atoms with E-state index in [9.17, 15) is 34.5 Å². The Hall–Kier alpha value is -5.40. The van der Waals surface area contributed by atoms with Gasteiger partial charge < -0.3 is 39.0 Å². The van der Waals surface area contributed by atoms with Gasteiger partial charge in [-0.1, -0.05) is 192 Å². The van der Waals surface area contributed by atoms with E-state index in [2.05, 4.69) is 154 Å². The lowest BCUT2D eigenvalue weighted by Crippen LogP contribution is -2.61. The largest absolute Gasteiger partial charge is 0.479 e. The number of carbonyl (C=O) groups is 4. The molecule has 1 heterocycles. The predicted octanol–water partition coefficient (Wildman–Crippen LogP) is 14.8. The minimum Gasteiger partial charge on any atom is -0.479 e. The number of unbranched alkanes of at least 4 members (excludes halogenated alkanes) is 8. The first-order valence-electron chi connectivity index (χ1n) is 28.8. The fourth-order valence-corrected chi connectivity index (χ4v) is 7.54. The molecule has 0 aromatic rings. The van der Waals surface area contributed by atoms with Crippen molar-refractivity contribution in [3.8, 4) is 0 Å². The maximum absolute atomic E-state index is 13.1. The van der Waals surface area contributed by atoms with Crippen LogP contribution in [-0.2, 0) is 42.9 Å². The summed E-state index contributed by atoms with van der Waals surface area (Å²) in [6.45, 7) is 5.56. The van der Waals surface area contributed by atoms with Crippen LogP contribution < -0.4 is 0 Å². The number of hydrogen-bond acceptors (Lipinski definition) is 11. The topological polar surface area (TPSA) is 175 Å². The number of aliphatic carboxylic acids is 1.